The Balaban J connectivity index is 2.56. The Kier molecular flexibility index (Phi) is 5.25. The molecule has 0 radical (unpaired) electrons. The van der Waals surface area contributed by atoms with E-state index >= 15 is 0 Å². The molecule has 7 heteroatoms. The van der Waals surface area contributed by atoms with Crippen molar-refractivity contribution < 1.29 is 9.90 Å². The number of benzene rings is 2. The van der Waals surface area contributed by atoms with Gasteiger partial charge in [-0.15, -0.1) is 11.6 Å². The van der Waals surface area contributed by atoms with Crippen LogP contribution in [0.2, 0.25) is 5.02 Å². The molecular formula is C15H13Cl2N3O2. The van der Waals surface area contributed by atoms with Gasteiger partial charge in [-0.05, 0) is 24.3 Å². The Bertz CT molecular complexity index is 732. The van der Waals surface area contributed by atoms with Gasteiger partial charge in [-0.3, -0.25) is 0 Å². The topological polar surface area (TPSA) is 87.7 Å². The van der Waals surface area contributed by atoms with E-state index in [0.29, 0.717) is 22.1 Å². The van der Waals surface area contributed by atoms with Gasteiger partial charge in [0.15, 0.2) is 0 Å². The lowest BCUT2D eigenvalue weighted by atomic mass is 10.1. The molecule has 0 heterocycles. The number of aromatic carboxylic acids is 1. The largest absolute Gasteiger partial charge is 0.478 e. The van der Waals surface area contributed by atoms with Crippen molar-refractivity contribution in [3.63, 3.8) is 0 Å². The number of rotatable bonds is 5. The van der Waals surface area contributed by atoms with Crippen LogP contribution in [0.15, 0.2) is 47.5 Å². The Morgan fingerprint density at radius 2 is 1.95 bits per heavy atom. The minimum Gasteiger partial charge on any atom is -0.478 e. The molecule has 0 aliphatic heterocycles. The molecule has 5 nitrogen and oxygen atoms in total. The Morgan fingerprint density at radius 1 is 1.23 bits per heavy atom. The van der Waals surface area contributed by atoms with Gasteiger partial charge in [0.25, 0.3) is 0 Å². The molecule has 0 aromatic heterocycles. The standard InChI is InChI=1S/C15H13Cl2N3O2/c16-8-13(18)19-12-7-3-4-9(15(21)22)14(12)20-11-6-2-1-5-10(11)17/h1-7,20H,8H2,(H2,18,19)(H,21,22). The van der Waals surface area contributed by atoms with Gasteiger partial charge in [0.05, 0.1) is 33.5 Å². The smallest absolute Gasteiger partial charge is 0.337 e. The number of alkyl halides is 1. The zero-order valence-corrected chi connectivity index (χ0v) is 12.9. The first-order chi connectivity index (χ1) is 10.5. The van der Waals surface area contributed by atoms with E-state index in [1.165, 1.54) is 6.07 Å². The van der Waals surface area contributed by atoms with E-state index in [0.717, 1.165) is 0 Å². The predicted octanol–water partition coefficient (Wildman–Crippen LogP) is 4.01. The van der Waals surface area contributed by atoms with Crippen LogP contribution in [0.4, 0.5) is 17.1 Å². The summed E-state index contributed by atoms with van der Waals surface area (Å²) in [7, 11) is 0. The molecule has 0 unspecified atom stereocenters. The summed E-state index contributed by atoms with van der Waals surface area (Å²) in [5.74, 6) is -0.856. The molecule has 0 amide bonds. The second-order valence-electron chi connectivity index (χ2n) is 4.35. The van der Waals surface area contributed by atoms with Crippen LogP contribution in [-0.4, -0.2) is 22.8 Å². The van der Waals surface area contributed by atoms with Crippen molar-refractivity contribution in [1.82, 2.24) is 0 Å². The van der Waals surface area contributed by atoms with E-state index in [-0.39, 0.29) is 17.3 Å². The number of para-hydroxylation sites is 2. The summed E-state index contributed by atoms with van der Waals surface area (Å²) in [5, 5.41) is 12.8. The van der Waals surface area contributed by atoms with Crippen molar-refractivity contribution in [2.75, 3.05) is 11.2 Å². The molecule has 2 aromatic carbocycles. The quantitative estimate of drug-likeness (QED) is 0.437. The number of aliphatic imine (C=N–C) groups is 1. The molecular weight excluding hydrogens is 325 g/mol. The fourth-order valence-electron chi connectivity index (χ4n) is 1.82. The van der Waals surface area contributed by atoms with Crippen LogP contribution in [0, 0.1) is 0 Å². The lowest BCUT2D eigenvalue weighted by Gasteiger charge is -2.13. The van der Waals surface area contributed by atoms with Gasteiger partial charge in [0.1, 0.15) is 5.84 Å². The van der Waals surface area contributed by atoms with Gasteiger partial charge in [0.2, 0.25) is 0 Å². The summed E-state index contributed by atoms with van der Waals surface area (Å²) in [6, 6.07) is 11.7. The van der Waals surface area contributed by atoms with Gasteiger partial charge in [-0.25, -0.2) is 9.79 Å². The molecule has 4 N–H and O–H groups in total. The van der Waals surface area contributed by atoms with Crippen LogP contribution in [0.5, 0.6) is 0 Å². The van der Waals surface area contributed by atoms with Crippen molar-refractivity contribution in [2.24, 2.45) is 10.7 Å². The van der Waals surface area contributed by atoms with Crippen molar-refractivity contribution in [3.05, 3.63) is 53.1 Å². The third kappa shape index (κ3) is 3.69. The number of anilines is 2. The second-order valence-corrected chi connectivity index (χ2v) is 5.02. The fraction of sp³-hybridized carbons (Fsp3) is 0.0667. The number of hydrogen-bond acceptors (Lipinski definition) is 3. The minimum atomic E-state index is -1.09. The molecule has 114 valence electrons. The summed E-state index contributed by atoms with van der Waals surface area (Å²) in [4.78, 5) is 15.6. The van der Waals surface area contributed by atoms with Crippen molar-refractivity contribution in [2.45, 2.75) is 0 Å². The summed E-state index contributed by atoms with van der Waals surface area (Å²) in [6.45, 7) is 0. The molecule has 2 rings (SSSR count). The maximum atomic E-state index is 11.4. The Labute approximate surface area is 137 Å². The third-order valence-corrected chi connectivity index (χ3v) is 3.41. The number of carboxylic acids is 1. The molecule has 0 atom stereocenters. The highest BCUT2D eigenvalue weighted by Gasteiger charge is 2.15. The van der Waals surface area contributed by atoms with Gasteiger partial charge < -0.3 is 16.2 Å². The van der Waals surface area contributed by atoms with Gasteiger partial charge in [0, 0.05) is 0 Å². The first kappa shape index (κ1) is 16.1. The summed E-state index contributed by atoms with van der Waals surface area (Å²) < 4.78 is 0. The van der Waals surface area contributed by atoms with E-state index in [9.17, 15) is 9.90 Å². The average Bonchev–Trinajstić information content (AvgIpc) is 2.50. The van der Waals surface area contributed by atoms with Crippen molar-refractivity contribution in [1.29, 1.82) is 0 Å². The lowest BCUT2D eigenvalue weighted by Crippen LogP contribution is -2.12. The summed E-state index contributed by atoms with van der Waals surface area (Å²) in [5.41, 5.74) is 6.94. The summed E-state index contributed by atoms with van der Waals surface area (Å²) >= 11 is 11.7. The highest BCUT2D eigenvalue weighted by Crippen LogP contribution is 2.34. The van der Waals surface area contributed by atoms with E-state index < -0.39 is 5.97 Å². The van der Waals surface area contributed by atoms with Crippen LogP contribution in [-0.2, 0) is 0 Å². The minimum absolute atomic E-state index is 0.0445. The first-order valence-corrected chi connectivity index (χ1v) is 7.21. The zero-order valence-electron chi connectivity index (χ0n) is 11.4. The number of carbonyl (C=O) groups is 1. The van der Waals surface area contributed by atoms with E-state index in [1.807, 2.05) is 0 Å². The SMILES string of the molecule is NC(CCl)=Nc1cccc(C(=O)O)c1Nc1ccccc1Cl. The molecule has 0 bridgehead atoms. The van der Waals surface area contributed by atoms with Crippen LogP contribution in [0.25, 0.3) is 0 Å². The number of carboxylic acid groups (broad SMARTS) is 1. The fourth-order valence-corrected chi connectivity index (χ4v) is 2.07. The summed E-state index contributed by atoms with van der Waals surface area (Å²) in [6.07, 6.45) is 0. The number of hydrogen-bond donors (Lipinski definition) is 3. The monoisotopic (exact) mass is 337 g/mol. The second kappa shape index (κ2) is 7.15. The van der Waals surface area contributed by atoms with Gasteiger partial charge in [-0.2, -0.15) is 0 Å². The van der Waals surface area contributed by atoms with Crippen molar-refractivity contribution >= 4 is 52.1 Å². The van der Waals surface area contributed by atoms with Crippen LogP contribution in [0.1, 0.15) is 10.4 Å². The maximum absolute atomic E-state index is 11.4. The molecule has 0 saturated carbocycles. The molecule has 0 aliphatic carbocycles. The molecule has 0 spiro atoms. The zero-order chi connectivity index (χ0) is 16.1. The third-order valence-electron chi connectivity index (χ3n) is 2.81. The van der Waals surface area contributed by atoms with E-state index in [1.54, 1.807) is 36.4 Å². The number of nitrogens with two attached hydrogens (primary N) is 1. The van der Waals surface area contributed by atoms with Crippen molar-refractivity contribution in [3.8, 4) is 0 Å². The van der Waals surface area contributed by atoms with E-state index in [4.69, 9.17) is 28.9 Å². The molecule has 22 heavy (non-hydrogen) atoms. The van der Waals surface area contributed by atoms with Gasteiger partial charge in [-0.1, -0.05) is 29.8 Å². The highest BCUT2D eigenvalue weighted by molar-refractivity contribution is 6.33. The van der Waals surface area contributed by atoms with Gasteiger partial charge >= 0.3 is 5.97 Å². The molecule has 0 aliphatic rings. The van der Waals surface area contributed by atoms with Crippen LogP contribution in [0.3, 0.4) is 0 Å². The number of halogens is 2. The van der Waals surface area contributed by atoms with Crippen LogP contribution >= 0.6 is 23.2 Å². The predicted molar refractivity (Wildman–Crippen MR) is 90.1 cm³/mol. The molecule has 0 saturated heterocycles. The normalized spacial score (nSPS) is 11.3. The molecule has 0 fully saturated rings. The number of amidine groups is 1. The highest BCUT2D eigenvalue weighted by atomic mass is 35.5. The lowest BCUT2D eigenvalue weighted by molar-refractivity contribution is 0.0698. The Morgan fingerprint density at radius 3 is 2.59 bits per heavy atom. The maximum Gasteiger partial charge on any atom is 0.337 e. The molecule has 2 aromatic rings. The number of nitrogens with one attached hydrogen (secondary N) is 1. The number of nitrogens with zero attached hydrogens (tertiary/aromatic N) is 1. The average molecular weight is 338 g/mol. The Hall–Kier alpha value is -2.24. The van der Waals surface area contributed by atoms with E-state index in [2.05, 4.69) is 10.3 Å². The van der Waals surface area contributed by atoms with Crippen LogP contribution < -0.4 is 11.1 Å². The first-order valence-electron chi connectivity index (χ1n) is 6.29.